The maximum atomic E-state index is 12.9. The number of thioether (sulfide) groups is 1. The molecule has 3 aromatic rings. The van der Waals surface area contributed by atoms with Crippen LogP contribution in [0.4, 0.5) is 0 Å². The van der Waals surface area contributed by atoms with Gasteiger partial charge >= 0.3 is 0 Å². The highest BCUT2D eigenvalue weighted by Gasteiger charge is 2.29. The first-order valence-corrected chi connectivity index (χ1v) is 9.48. The number of hydrogen-bond donors (Lipinski definition) is 0. The second-order valence-electron chi connectivity index (χ2n) is 6.23. The molecule has 26 heavy (non-hydrogen) atoms. The van der Waals surface area contributed by atoms with Crippen LogP contribution in [0.5, 0.6) is 5.75 Å². The summed E-state index contributed by atoms with van der Waals surface area (Å²) in [5.74, 6) is 0.721. The molecule has 0 amide bonds. The Balaban J connectivity index is 1.66. The fourth-order valence-corrected chi connectivity index (χ4v) is 3.91. The number of ether oxygens (including phenoxy) is 1. The number of aromatic nitrogens is 2. The Morgan fingerprint density at radius 1 is 1.19 bits per heavy atom. The number of nitrogens with zero attached hydrogens (tertiary/aromatic N) is 2. The van der Waals surface area contributed by atoms with Gasteiger partial charge in [0.1, 0.15) is 5.75 Å². The minimum absolute atomic E-state index is 0.0228. The Bertz CT molecular complexity index is 1040. The van der Waals surface area contributed by atoms with E-state index in [1.807, 2.05) is 30.3 Å². The zero-order valence-corrected chi connectivity index (χ0v) is 15.2. The first-order valence-electron chi connectivity index (χ1n) is 8.49. The predicted molar refractivity (Wildman–Crippen MR) is 102 cm³/mol. The minimum atomic E-state index is -0.0443. The number of fused-ring (bicyclic) bond motifs is 1. The number of ketones is 1. The third-order valence-corrected chi connectivity index (χ3v) is 5.38. The van der Waals surface area contributed by atoms with Crippen molar-refractivity contribution in [3.63, 3.8) is 0 Å². The third kappa shape index (κ3) is 3.12. The molecule has 0 saturated heterocycles. The van der Waals surface area contributed by atoms with Gasteiger partial charge in [-0.1, -0.05) is 36.0 Å². The van der Waals surface area contributed by atoms with Gasteiger partial charge in [-0.25, -0.2) is 4.98 Å². The standard InChI is InChI=1S/C20H18N2O3S/c1-25-18-9-5-3-7-15(18)17(23)12-26-20-21-16-8-4-2-6-14(16)19(24)22(20)13-10-11-13/h2-9,13H,10-12H2,1H3. The van der Waals surface area contributed by atoms with Crippen LogP contribution in [-0.4, -0.2) is 28.2 Å². The molecule has 0 N–H and O–H groups in total. The summed E-state index contributed by atoms with van der Waals surface area (Å²) < 4.78 is 7.02. The smallest absolute Gasteiger partial charge is 0.262 e. The van der Waals surface area contributed by atoms with Gasteiger partial charge in [0.05, 0.1) is 29.3 Å². The van der Waals surface area contributed by atoms with Gasteiger partial charge in [0.25, 0.3) is 5.56 Å². The summed E-state index contributed by atoms with van der Waals surface area (Å²) in [7, 11) is 1.55. The van der Waals surface area contributed by atoms with Gasteiger partial charge < -0.3 is 4.74 Å². The molecule has 1 aromatic heterocycles. The Kier molecular flexibility index (Phi) is 4.51. The van der Waals surface area contributed by atoms with Crippen LogP contribution < -0.4 is 10.3 Å². The minimum Gasteiger partial charge on any atom is -0.496 e. The van der Waals surface area contributed by atoms with Gasteiger partial charge in [0.15, 0.2) is 10.9 Å². The lowest BCUT2D eigenvalue weighted by atomic mass is 10.1. The average molecular weight is 366 g/mol. The van der Waals surface area contributed by atoms with Crippen molar-refractivity contribution >= 4 is 28.4 Å². The summed E-state index contributed by atoms with van der Waals surface area (Å²) in [6, 6.07) is 14.7. The lowest BCUT2D eigenvalue weighted by Gasteiger charge is -2.12. The molecule has 0 spiro atoms. The molecule has 0 atom stereocenters. The number of methoxy groups -OCH3 is 1. The van der Waals surface area contributed by atoms with Crippen LogP contribution in [0.25, 0.3) is 10.9 Å². The molecule has 0 unspecified atom stereocenters. The maximum absolute atomic E-state index is 12.9. The van der Waals surface area contributed by atoms with Crippen LogP contribution in [-0.2, 0) is 0 Å². The molecule has 1 saturated carbocycles. The van der Waals surface area contributed by atoms with Crippen LogP contribution in [0.2, 0.25) is 0 Å². The zero-order chi connectivity index (χ0) is 18.1. The number of hydrogen-bond acceptors (Lipinski definition) is 5. The molecule has 0 radical (unpaired) electrons. The number of Topliss-reactive ketones (excluding diaryl/α,β-unsaturated/α-hetero) is 1. The molecule has 1 heterocycles. The summed E-state index contributed by atoms with van der Waals surface area (Å²) in [5.41, 5.74) is 1.19. The molecule has 0 aliphatic heterocycles. The van der Waals surface area contributed by atoms with Gasteiger partial charge in [0, 0.05) is 6.04 Å². The largest absolute Gasteiger partial charge is 0.496 e. The number of rotatable bonds is 6. The lowest BCUT2D eigenvalue weighted by molar-refractivity contribution is 0.101. The molecule has 5 nitrogen and oxygen atoms in total. The van der Waals surface area contributed by atoms with Crippen molar-refractivity contribution in [1.29, 1.82) is 0 Å². The van der Waals surface area contributed by atoms with Crippen LogP contribution in [0.1, 0.15) is 29.2 Å². The summed E-state index contributed by atoms with van der Waals surface area (Å²) in [6.07, 6.45) is 1.96. The van der Waals surface area contributed by atoms with E-state index in [-0.39, 0.29) is 23.1 Å². The number of carbonyl (C=O) groups excluding carboxylic acids is 1. The summed E-state index contributed by atoms with van der Waals surface area (Å²) in [6.45, 7) is 0. The molecule has 1 fully saturated rings. The van der Waals surface area contributed by atoms with Crippen LogP contribution in [0.15, 0.2) is 58.5 Å². The van der Waals surface area contributed by atoms with E-state index < -0.39 is 0 Å². The first kappa shape index (κ1) is 16.8. The van der Waals surface area contributed by atoms with Gasteiger partial charge in [-0.15, -0.1) is 0 Å². The second kappa shape index (κ2) is 6.96. The van der Waals surface area contributed by atoms with Crippen LogP contribution >= 0.6 is 11.8 Å². The molecule has 1 aliphatic carbocycles. The van der Waals surface area contributed by atoms with E-state index in [4.69, 9.17) is 4.74 Å². The average Bonchev–Trinajstić information content (AvgIpc) is 3.51. The summed E-state index contributed by atoms with van der Waals surface area (Å²) in [5, 5.41) is 1.24. The molecule has 4 rings (SSSR count). The predicted octanol–water partition coefficient (Wildman–Crippen LogP) is 3.72. The van der Waals surface area contributed by atoms with Crippen molar-refractivity contribution in [3.05, 3.63) is 64.4 Å². The zero-order valence-electron chi connectivity index (χ0n) is 14.3. The van der Waals surface area contributed by atoms with Crippen LogP contribution in [0.3, 0.4) is 0 Å². The van der Waals surface area contributed by atoms with Gasteiger partial charge in [-0.05, 0) is 37.1 Å². The van der Waals surface area contributed by atoms with E-state index in [0.717, 1.165) is 12.8 Å². The lowest BCUT2D eigenvalue weighted by Crippen LogP contribution is -2.22. The summed E-state index contributed by atoms with van der Waals surface area (Å²) in [4.78, 5) is 30.1. The Morgan fingerprint density at radius 2 is 1.92 bits per heavy atom. The molecular weight excluding hydrogens is 348 g/mol. The molecule has 1 aliphatic rings. The van der Waals surface area contributed by atoms with Crippen LogP contribution in [0, 0.1) is 0 Å². The molecule has 2 aromatic carbocycles. The normalized spacial score (nSPS) is 13.7. The maximum Gasteiger partial charge on any atom is 0.262 e. The quantitative estimate of drug-likeness (QED) is 0.378. The Hall–Kier alpha value is -2.60. The van der Waals surface area contributed by atoms with Crippen molar-refractivity contribution < 1.29 is 9.53 Å². The van der Waals surface area contributed by atoms with E-state index in [0.29, 0.717) is 27.4 Å². The monoisotopic (exact) mass is 366 g/mol. The topological polar surface area (TPSA) is 61.2 Å². The fourth-order valence-electron chi connectivity index (χ4n) is 2.96. The number of carbonyl (C=O) groups is 1. The number of benzene rings is 2. The van der Waals surface area contributed by atoms with Gasteiger partial charge in [-0.3, -0.25) is 14.2 Å². The van der Waals surface area contributed by atoms with Crippen molar-refractivity contribution in [3.8, 4) is 5.75 Å². The van der Waals surface area contributed by atoms with E-state index in [2.05, 4.69) is 4.98 Å². The molecular formula is C20H18N2O3S. The van der Waals surface area contributed by atoms with Crippen molar-refractivity contribution in [2.45, 2.75) is 24.0 Å². The SMILES string of the molecule is COc1ccccc1C(=O)CSc1nc2ccccc2c(=O)n1C1CC1. The first-order chi connectivity index (χ1) is 12.7. The Morgan fingerprint density at radius 3 is 2.69 bits per heavy atom. The van der Waals surface area contributed by atoms with E-state index in [9.17, 15) is 9.59 Å². The van der Waals surface area contributed by atoms with E-state index >= 15 is 0 Å². The highest BCUT2D eigenvalue weighted by molar-refractivity contribution is 7.99. The highest BCUT2D eigenvalue weighted by atomic mass is 32.2. The molecule has 0 bridgehead atoms. The van der Waals surface area contributed by atoms with E-state index in [1.54, 1.807) is 29.9 Å². The molecule has 6 heteroatoms. The fraction of sp³-hybridized carbons (Fsp3) is 0.250. The highest BCUT2D eigenvalue weighted by Crippen LogP contribution is 2.37. The number of para-hydroxylation sites is 2. The second-order valence-corrected chi connectivity index (χ2v) is 7.17. The van der Waals surface area contributed by atoms with Crippen molar-refractivity contribution in [2.24, 2.45) is 0 Å². The van der Waals surface area contributed by atoms with Gasteiger partial charge in [-0.2, -0.15) is 0 Å². The third-order valence-electron chi connectivity index (χ3n) is 4.43. The van der Waals surface area contributed by atoms with Crippen molar-refractivity contribution in [1.82, 2.24) is 9.55 Å². The van der Waals surface area contributed by atoms with E-state index in [1.165, 1.54) is 11.8 Å². The van der Waals surface area contributed by atoms with Crippen molar-refractivity contribution in [2.75, 3.05) is 12.9 Å². The summed E-state index contributed by atoms with van der Waals surface area (Å²) >= 11 is 1.31. The molecule has 132 valence electrons. The van der Waals surface area contributed by atoms with Gasteiger partial charge in [0.2, 0.25) is 0 Å². The Labute approximate surface area is 155 Å².